The van der Waals surface area contributed by atoms with Crippen LogP contribution in [0.15, 0.2) is 22.4 Å². The van der Waals surface area contributed by atoms with E-state index in [2.05, 4.69) is 12.6 Å². The molecule has 2 rings (SSSR count). The van der Waals surface area contributed by atoms with Gasteiger partial charge >= 0.3 is 0 Å². The number of anilines is 1. The number of benzene rings is 1. The zero-order valence-corrected chi connectivity index (χ0v) is 9.49. The van der Waals surface area contributed by atoms with E-state index in [0.717, 1.165) is 26.4 Å². The number of nitrogens with two attached hydrogens (primary N) is 1. The fourth-order valence-corrected chi connectivity index (χ4v) is 2.75. The molecule has 2 aromatic rings. The quantitative estimate of drug-likeness (QED) is 0.770. The van der Waals surface area contributed by atoms with E-state index in [9.17, 15) is 0 Å². The number of rotatable bonds is 2. The molecule has 0 atom stereocenters. The second-order valence-corrected chi connectivity index (χ2v) is 4.33. The number of fused-ring (bicyclic) bond motifs is 1. The second-order valence-electron chi connectivity index (χ2n) is 2.94. The van der Waals surface area contributed by atoms with E-state index in [0.29, 0.717) is 6.61 Å². The predicted molar refractivity (Wildman–Crippen MR) is 64.7 cm³/mol. The molecule has 0 aliphatic heterocycles. The summed E-state index contributed by atoms with van der Waals surface area (Å²) in [5.74, 6) is 0.854. The molecule has 0 amide bonds. The first-order chi connectivity index (χ1) is 6.72. The molecule has 0 saturated carbocycles. The maximum atomic E-state index is 5.82. The van der Waals surface area contributed by atoms with Crippen molar-refractivity contribution in [3.05, 3.63) is 17.5 Å². The first-order valence-electron chi connectivity index (χ1n) is 4.35. The van der Waals surface area contributed by atoms with Crippen LogP contribution >= 0.6 is 24.0 Å². The molecule has 0 spiro atoms. The number of thiol groups is 1. The highest BCUT2D eigenvalue weighted by Crippen LogP contribution is 2.36. The highest BCUT2D eigenvalue weighted by molar-refractivity contribution is 7.80. The molecule has 14 heavy (non-hydrogen) atoms. The van der Waals surface area contributed by atoms with Crippen molar-refractivity contribution in [1.29, 1.82) is 0 Å². The molecule has 1 aromatic carbocycles. The minimum Gasteiger partial charge on any atom is -0.494 e. The van der Waals surface area contributed by atoms with E-state index in [-0.39, 0.29) is 0 Å². The molecule has 1 aromatic heterocycles. The molecule has 2 nitrogen and oxygen atoms in total. The van der Waals surface area contributed by atoms with E-state index >= 15 is 0 Å². The summed E-state index contributed by atoms with van der Waals surface area (Å²) in [4.78, 5) is 0.879. The Labute approximate surface area is 92.1 Å². The van der Waals surface area contributed by atoms with Gasteiger partial charge in [0.2, 0.25) is 0 Å². The van der Waals surface area contributed by atoms with Crippen LogP contribution in [-0.2, 0) is 0 Å². The van der Waals surface area contributed by atoms with Crippen LogP contribution in [0.2, 0.25) is 0 Å². The Morgan fingerprint density at radius 2 is 2.29 bits per heavy atom. The lowest BCUT2D eigenvalue weighted by molar-refractivity contribution is 0.340. The zero-order valence-electron chi connectivity index (χ0n) is 7.78. The van der Waals surface area contributed by atoms with Crippen LogP contribution in [0.3, 0.4) is 0 Å². The van der Waals surface area contributed by atoms with Crippen LogP contribution in [0.1, 0.15) is 6.92 Å². The summed E-state index contributed by atoms with van der Waals surface area (Å²) in [5.41, 5.74) is 6.61. The van der Waals surface area contributed by atoms with Crippen molar-refractivity contribution in [1.82, 2.24) is 0 Å². The summed E-state index contributed by atoms with van der Waals surface area (Å²) < 4.78 is 6.54. The molecule has 0 unspecified atom stereocenters. The van der Waals surface area contributed by atoms with Gasteiger partial charge in [-0.05, 0) is 19.1 Å². The Kier molecular flexibility index (Phi) is 2.56. The Bertz CT molecular complexity index is 464. The average Bonchev–Trinajstić information content (AvgIpc) is 2.48. The van der Waals surface area contributed by atoms with Gasteiger partial charge in [-0.3, -0.25) is 0 Å². The van der Waals surface area contributed by atoms with Crippen molar-refractivity contribution >= 4 is 39.7 Å². The van der Waals surface area contributed by atoms with E-state index in [1.54, 1.807) is 11.3 Å². The number of hydrogen-bond donors (Lipinski definition) is 2. The Hall–Kier alpha value is -0.870. The lowest BCUT2D eigenvalue weighted by atomic mass is 10.2. The summed E-state index contributed by atoms with van der Waals surface area (Å²) in [7, 11) is 0. The van der Waals surface area contributed by atoms with Crippen molar-refractivity contribution < 1.29 is 4.74 Å². The van der Waals surface area contributed by atoms with Crippen LogP contribution in [0.4, 0.5) is 5.69 Å². The largest absolute Gasteiger partial charge is 0.494 e. The van der Waals surface area contributed by atoms with Gasteiger partial charge in [0.05, 0.1) is 12.3 Å². The molecule has 0 aliphatic rings. The maximum absolute atomic E-state index is 5.82. The number of ether oxygens (including phenoxy) is 1. The fraction of sp³-hybridized carbons (Fsp3) is 0.200. The molecular weight excluding hydrogens is 214 g/mol. The van der Waals surface area contributed by atoms with E-state index in [4.69, 9.17) is 10.5 Å². The highest BCUT2D eigenvalue weighted by Gasteiger charge is 2.06. The minimum atomic E-state index is 0.666. The fourth-order valence-electron chi connectivity index (χ4n) is 1.40. The van der Waals surface area contributed by atoms with Crippen molar-refractivity contribution in [2.45, 2.75) is 11.8 Å². The van der Waals surface area contributed by atoms with Crippen LogP contribution < -0.4 is 10.5 Å². The Morgan fingerprint density at radius 3 is 3.00 bits per heavy atom. The standard InChI is InChI=1S/C10H11NOS2/c1-2-12-6-3-8(13)10-7(11)5-14-9(10)4-6/h3-5,13H,2,11H2,1H3. The lowest BCUT2D eigenvalue weighted by Crippen LogP contribution is -1.91. The summed E-state index contributed by atoms with van der Waals surface area (Å²) in [5, 5.41) is 2.96. The van der Waals surface area contributed by atoms with Gasteiger partial charge in [0.15, 0.2) is 0 Å². The van der Waals surface area contributed by atoms with Crippen molar-refractivity contribution in [3.8, 4) is 5.75 Å². The predicted octanol–water partition coefficient (Wildman–Crippen LogP) is 3.17. The van der Waals surface area contributed by atoms with E-state index in [1.807, 2.05) is 24.4 Å². The van der Waals surface area contributed by atoms with Gasteiger partial charge < -0.3 is 10.5 Å². The van der Waals surface area contributed by atoms with Crippen LogP contribution in [0.5, 0.6) is 5.75 Å². The van der Waals surface area contributed by atoms with Gasteiger partial charge in [-0.1, -0.05) is 0 Å². The topological polar surface area (TPSA) is 35.2 Å². The lowest BCUT2D eigenvalue weighted by Gasteiger charge is -2.04. The molecule has 4 heteroatoms. The molecule has 74 valence electrons. The highest BCUT2D eigenvalue weighted by atomic mass is 32.1. The monoisotopic (exact) mass is 225 g/mol. The Morgan fingerprint density at radius 1 is 1.50 bits per heavy atom. The third-order valence-electron chi connectivity index (χ3n) is 1.97. The summed E-state index contributed by atoms with van der Waals surface area (Å²) in [6.45, 7) is 2.63. The summed E-state index contributed by atoms with van der Waals surface area (Å²) in [6, 6.07) is 3.90. The van der Waals surface area contributed by atoms with Crippen molar-refractivity contribution in [2.75, 3.05) is 12.3 Å². The summed E-state index contributed by atoms with van der Waals surface area (Å²) >= 11 is 6.01. The van der Waals surface area contributed by atoms with Crippen LogP contribution in [0, 0.1) is 0 Å². The number of hydrogen-bond acceptors (Lipinski definition) is 4. The van der Waals surface area contributed by atoms with Gasteiger partial charge in [0.25, 0.3) is 0 Å². The minimum absolute atomic E-state index is 0.666. The summed E-state index contributed by atoms with van der Waals surface area (Å²) in [6.07, 6.45) is 0. The molecule has 0 radical (unpaired) electrons. The van der Waals surface area contributed by atoms with Gasteiger partial charge in [0, 0.05) is 20.4 Å². The first kappa shape index (κ1) is 9.68. The van der Waals surface area contributed by atoms with E-state index < -0.39 is 0 Å². The third-order valence-corrected chi connectivity index (χ3v) is 3.27. The normalized spacial score (nSPS) is 10.7. The number of nitrogen functional groups attached to an aromatic ring is 1. The smallest absolute Gasteiger partial charge is 0.121 e. The SMILES string of the molecule is CCOc1cc(S)c2c(N)csc2c1. The van der Waals surface area contributed by atoms with Gasteiger partial charge in [-0.2, -0.15) is 0 Å². The van der Waals surface area contributed by atoms with Crippen LogP contribution in [-0.4, -0.2) is 6.61 Å². The molecule has 2 N–H and O–H groups in total. The van der Waals surface area contributed by atoms with Gasteiger partial charge in [0.1, 0.15) is 5.75 Å². The maximum Gasteiger partial charge on any atom is 0.121 e. The van der Waals surface area contributed by atoms with Crippen molar-refractivity contribution in [3.63, 3.8) is 0 Å². The first-order valence-corrected chi connectivity index (χ1v) is 5.67. The molecule has 0 bridgehead atoms. The average molecular weight is 225 g/mol. The van der Waals surface area contributed by atoms with Crippen LogP contribution in [0.25, 0.3) is 10.1 Å². The number of thiophene rings is 1. The molecule has 0 aliphatic carbocycles. The van der Waals surface area contributed by atoms with E-state index in [1.165, 1.54) is 0 Å². The molecule has 1 heterocycles. The Balaban J connectivity index is 2.62. The molecular formula is C10H11NOS2. The third kappa shape index (κ3) is 1.55. The van der Waals surface area contributed by atoms with Gasteiger partial charge in [-0.25, -0.2) is 0 Å². The molecule has 0 fully saturated rings. The zero-order chi connectivity index (χ0) is 10.1. The van der Waals surface area contributed by atoms with Gasteiger partial charge in [-0.15, -0.1) is 24.0 Å². The van der Waals surface area contributed by atoms with Crippen molar-refractivity contribution in [2.24, 2.45) is 0 Å². The molecule has 0 saturated heterocycles. The second kappa shape index (κ2) is 3.71.